The molecule has 0 saturated heterocycles. The Hall–Kier alpha value is -1.34. The molecule has 0 aromatic rings. The number of hydrogen-bond acceptors (Lipinski definition) is 6. The van der Waals surface area contributed by atoms with Crippen LogP contribution in [-0.2, 0) is 9.59 Å². The maximum Gasteiger partial charge on any atom is 0.178 e. The molecule has 6 heteroatoms. The predicted octanol–water partition coefficient (Wildman–Crippen LogP) is -1.48. The molecule has 0 fully saturated rings. The van der Waals surface area contributed by atoms with Crippen LogP contribution in [0.25, 0.3) is 0 Å². The molecule has 0 heterocycles. The second-order valence-corrected chi connectivity index (χ2v) is 3.48. The van der Waals surface area contributed by atoms with Crippen LogP contribution in [0.15, 0.2) is 24.3 Å². The average molecular weight is 257 g/mol. The maximum absolute atomic E-state index is 10.3. The van der Waals surface area contributed by atoms with E-state index in [2.05, 4.69) is 0 Å². The molecule has 0 saturated carbocycles. The summed E-state index contributed by atoms with van der Waals surface area (Å²) in [7, 11) is 0. The lowest BCUT2D eigenvalue weighted by molar-refractivity contribution is -0.113. The zero-order valence-corrected chi connectivity index (χ0v) is 10.2. The molecule has 0 aromatic heterocycles. The van der Waals surface area contributed by atoms with E-state index in [4.69, 9.17) is 15.3 Å². The lowest BCUT2D eigenvalue weighted by Crippen LogP contribution is -2.32. The van der Waals surface area contributed by atoms with Crippen molar-refractivity contribution in [3.05, 3.63) is 24.3 Å². The van der Waals surface area contributed by atoms with Gasteiger partial charge in [0.2, 0.25) is 0 Å². The molecule has 1 aliphatic carbocycles. The quantitative estimate of drug-likeness (QED) is 0.502. The first-order valence-electron chi connectivity index (χ1n) is 5.63. The van der Waals surface area contributed by atoms with Crippen LogP contribution in [0.2, 0.25) is 0 Å². The Balaban J connectivity index is 0.000000327. The molecule has 0 atom stereocenters. The topological polar surface area (TPSA) is 98.1 Å². The van der Waals surface area contributed by atoms with Crippen LogP contribution in [0, 0.1) is 0 Å². The summed E-state index contributed by atoms with van der Waals surface area (Å²) in [6.45, 7) is 1.75. The van der Waals surface area contributed by atoms with Crippen LogP contribution in [-0.4, -0.2) is 71.2 Å². The van der Waals surface area contributed by atoms with Crippen molar-refractivity contribution in [2.24, 2.45) is 0 Å². The molecule has 0 amide bonds. The second kappa shape index (κ2) is 10.8. The number of aliphatic hydroxyl groups excluding tert-OH is 3. The summed E-state index contributed by atoms with van der Waals surface area (Å²) >= 11 is 0. The fourth-order valence-corrected chi connectivity index (χ4v) is 1.20. The summed E-state index contributed by atoms with van der Waals surface area (Å²) in [4.78, 5) is 22.4. The normalized spacial score (nSPS) is 13.8. The largest absolute Gasteiger partial charge is 0.395 e. The van der Waals surface area contributed by atoms with E-state index in [0.29, 0.717) is 19.6 Å². The first-order chi connectivity index (χ1) is 8.63. The van der Waals surface area contributed by atoms with Gasteiger partial charge in [-0.25, -0.2) is 0 Å². The van der Waals surface area contributed by atoms with Crippen molar-refractivity contribution in [3.8, 4) is 0 Å². The number of allylic oxidation sites excluding steroid dienone is 4. The zero-order valence-electron chi connectivity index (χ0n) is 10.2. The van der Waals surface area contributed by atoms with E-state index in [1.807, 2.05) is 0 Å². The van der Waals surface area contributed by atoms with Crippen molar-refractivity contribution in [2.45, 2.75) is 0 Å². The van der Waals surface area contributed by atoms with E-state index in [9.17, 15) is 9.59 Å². The van der Waals surface area contributed by atoms with Gasteiger partial charge in [-0.05, 0) is 24.3 Å². The van der Waals surface area contributed by atoms with Gasteiger partial charge in [-0.15, -0.1) is 0 Å². The van der Waals surface area contributed by atoms with Crippen molar-refractivity contribution < 1.29 is 24.9 Å². The van der Waals surface area contributed by atoms with Crippen LogP contribution < -0.4 is 0 Å². The predicted molar refractivity (Wildman–Crippen MR) is 66.0 cm³/mol. The SMILES string of the molecule is O=C1C=CC(=O)C=C1.OCCN(CCO)CCO. The molecule has 0 unspecified atom stereocenters. The third kappa shape index (κ3) is 8.77. The molecule has 18 heavy (non-hydrogen) atoms. The van der Waals surface area contributed by atoms with E-state index in [1.54, 1.807) is 4.90 Å². The molecular weight excluding hydrogens is 238 g/mol. The Labute approximate surface area is 106 Å². The third-order valence-corrected chi connectivity index (χ3v) is 2.07. The van der Waals surface area contributed by atoms with Crippen LogP contribution in [0.4, 0.5) is 0 Å². The van der Waals surface area contributed by atoms with Gasteiger partial charge < -0.3 is 15.3 Å². The zero-order chi connectivity index (χ0) is 13.8. The molecule has 0 bridgehead atoms. The number of carbonyl (C=O) groups excluding carboxylic acids is 2. The monoisotopic (exact) mass is 257 g/mol. The van der Waals surface area contributed by atoms with Crippen molar-refractivity contribution in [1.82, 2.24) is 4.90 Å². The fraction of sp³-hybridized carbons (Fsp3) is 0.500. The molecule has 3 N–H and O–H groups in total. The number of aliphatic hydroxyl groups is 3. The summed E-state index contributed by atoms with van der Waals surface area (Å²) < 4.78 is 0. The number of nitrogens with zero attached hydrogens (tertiary/aromatic N) is 1. The number of rotatable bonds is 6. The Morgan fingerprint density at radius 2 is 1.00 bits per heavy atom. The van der Waals surface area contributed by atoms with E-state index in [-0.39, 0.29) is 31.4 Å². The first kappa shape index (κ1) is 16.7. The summed E-state index contributed by atoms with van der Waals surface area (Å²) in [6, 6.07) is 0. The molecule has 0 aromatic carbocycles. The molecule has 1 aliphatic rings. The Morgan fingerprint density at radius 3 is 1.22 bits per heavy atom. The summed E-state index contributed by atoms with van der Waals surface area (Å²) in [6.07, 6.45) is 5.01. The van der Waals surface area contributed by atoms with E-state index >= 15 is 0 Å². The molecule has 0 spiro atoms. The van der Waals surface area contributed by atoms with Gasteiger partial charge in [-0.1, -0.05) is 0 Å². The van der Waals surface area contributed by atoms with Crippen LogP contribution in [0.3, 0.4) is 0 Å². The van der Waals surface area contributed by atoms with Crippen LogP contribution >= 0.6 is 0 Å². The van der Waals surface area contributed by atoms with Gasteiger partial charge in [0.05, 0.1) is 19.8 Å². The fourth-order valence-electron chi connectivity index (χ4n) is 1.20. The minimum absolute atomic E-state index is 0.0694. The first-order valence-corrected chi connectivity index (χ1v) is 5.63. The van der Waals surface area contributed by atoms with E-state index in [0.717, 1.165) is 0 Å². The highest BCUT2D eigenvalue weighted by Gasteiger charge is 2.00. The molecule has 0 aliphatic heterocycles. The summed E-state index contributed by atoms with van der Waals surface area (Å²) in [5.74, 6) is -0.241. The highest BCUT2D eigenvalue weighted by Crippen LogP contribution is 1.90. The van der Waals surface area contributed by atoms with Gasteiger partial charge in [0.1, 0.15) is 0 Å². The maximum atomic E-state index is 10.3. The van der Waals surface area contributed by atoms with Gasteiger partial charge in [-0.2, -0.15) is 0 Å². The van der Waals surface area contributed by atoms with Crippen molar-refractivity contribution in [3.63, 3.8) is 0 Å². The number of hydrogen-bond donors (Lipinski definition) is 3. The Bertz CT molecular complexity index is 259. The van der Waals surface area contributed by atoms with Crippen molar-refractivity contribution in [1.29, 1.82) is 0 Å². The van der Waals surface area contributed by atoms with Crippen molar-refractivity contribution in [2.75, 3.05) is 39.5 Å². The van der Waals surface area contributed by atoms with Gasteiger partial charge in [0, 0.05) is 19.6 Å². The van der Waals surface area contributed by atoms with E-state index < -0.39 is 0 Å². The highest BCUT2D eigenvalue weighted by atomic mass is 16.3. The highest BCUT2D eigenvalue weighted by molar-refractivity contribution is 6.14. The molecule has 1 rings (SSSR count). The Morgan fingerprint density at radius 1 is 0.722 bits per heavy atom. The molecule has 102 valence electrons. The molecule has 0 radical (unpaired) electrons. The van der Waals surface area contributed by atoms with Gasteiger partial charge in [0.25, 0.3) is 0 Å². The smallest absolute Gasteiger partial charge is 0.178 e. The molecule has 6 nitrogen and oxygen atoms in total. The van der Waals surface area contributed by atoms with Crippen LogP contribution in [0.1, 0.15) is 0 Å². The van der Waals surface area contributed by atoms with E-state index in [1.165, 1.54) is 24.3 Å². The molecular formula is C12H19NO5. The lowest BCUT2D eigenvalue weighted by atomic mass is 10.2. The second-order valence-electron chi connectivity index (χ2n) is 3.48. The van der Waals surface area contributed by atoms with Gasteiger partial charge in [-0.3, -0.25) is 14.5 Å². The average Bonchev–Trinajstić information content (AvgIpc) is 2.35. The third-order valence-electron chi connectivity index (χ3n) is 2.07. The van der Waals surface area contributed by atoms with Gasteiger partial charge >= 0.3 is 0 Å². The number of carbonyl (C=O) groups is 2. The Kier molecular flexibility index (Phi) is 9.99. The van der Waals surface area contributed by atoms with Crippen LogP contribution in [0.5, 0.6) is 0 Å². The van der Waals surface area contributed by atoms with Gasteiger partial charge in [0.15, 0.2) is 11.6 Å². The lowest BCUT2D eigenvalue weighted by Gasteiger charge is -2.17. The minimum atomic E-state index is -0.121. The number of ketones is 2. The standard InChI is InChI=1S/C6H15NO3.C6H4O2/c8-4-1-7(2-5-9)3-6-10;7-5-1-2-6(8)4-3-5/h8-10H,1-6H2;1-4H. The summed E-state index contributed by atoms with van der Waals surface area (Å²) in [5, 5.41) is 25.5. The summed E-state index contributed by atoms with van der Waals surface area (Å²) in [5.41, 5.74) is 0. The van der Waals surface area contributed by atoms with Crippen molar-refractivity contribution >= 4 is 11.6 Å². The minimum Gasteiger partial charge on any atom is -0.395 e.